The van der Waals surface area contributed by atoms with Crippen LogP contribution in [0.5, 0.6) is 0 Å². The number of rotatable bonds is 7. The van der Waals surface area contributed by atoms with E-state index in [1.807, 2.05) is 44.2 Å². The first-order valence-electron chi connectivity index (χ1n) is 7.10. The number of likely N-dealkylation sites (N-methyl/N-ethyl adjacent to an activating group) is 1. The number of nitrogens with zero attached hydrogens (tertiary/aromatic N) is 1. The SMILES string of the molecule is CC(C)C(NC(=O)CN(C)C(C)C(=O)O)c1ccccc1. The Balaban J connectivity index is 2.68. The second kappa shape index (κ2) is 7.78. The molecule has 0 aliphatic heterocycles. The molecule has 0 aromatic heterocycles. The van der Waals surface area contributed by atoms with Crippen LogP contribution in [-0.4, -0.2) is 41.5 Å². The molecule has 0 heterocycles. The largest absolute Gasteiger partial charge is 0.480 e. The van der Waals surface area contributed by atoms with Gasteiger partial charge in [-0.3, -0.25) is 14.5 Å². The molecule has 0 bridgehead atoms. The summed E-state index contributed by atoms with van der Waals surface area (Å²) in [5.74, 6) is -0.861. The van der Waals surface area contributed by atoms with Gasteiger partial charge in [-0.2, -0.15) is 0 Å². The van der Waals surface area contributed by atoms with Crippen molar-refractivity contribution in [3.8, 4) is 0 Å². The molecular weight excluding hydrogens is 268 g/mol. The van der Waals surface area contributed by atoms with Gasteiger partial charge in [0, 0.05) is 0 Å². The van der Waals surface area contributed by atoms with Crippen molar-refractivity contribution in [2.75, 3.05) is 13.6 Å². The van der Waals surface area contributed by atoms with Crippen molar-refractivity contribution in [3.63, 3.8) is 0 Å². The number of benzene rings is 1. The monoisotopic (exact) mass is 292 g/mol. The van der Waals surface area contributed by atoms with Gasteiger partial charge < -0.3 is 10.4 Å². The van der Waals surface area contributed by atoms with E-state index in [0.717, 1.165) is 5.56 Å². The fourth-order valence-corrected chi connectivity index (χ4v) is 2.07. The Morgan fingerprint density at radius 2 is 1.76 bits per heavy atom. The van der Waals surface area contributed by atoms with Crippen LogP contribution in [0.3, 0.4) is 0 Å². The van der Waals surface area contributed by atoms with Gasteiger partial charge in [0.15, 0.2) is 0 Å². The molecule has 116 valence electrons. The van der Waals surface area contributed by atoms with Crippen molar-refractivity contribution in [1.82, 2.24) is 10.2 Å². The number of hydrogen-bond donors (Lipinski definition) is 2. The molecule has 0 saturated carbocycles. The second-order valence-corrected chi connectivity index (χ2v) is 5.63. The molecule has 0 spiro atoms. The van der Waals surface area contributed by atoms with Crippen LogP contribution in [0.15, 0.2) is 30.3 Å². The van der Waals surface area contributed by atoms with Crippen LogP contribution in [-0.2, 0) is 9.59 Å². The minimum Gasteiger partial charge on any atom is -0.480 e. The Bertz CT molecular complexity index is 474. The number of carboxylic acids is 1. The molecule has 5 heteroatoms. The van der Waals surface area contributed by atoms with Crippen molar-refractivity contribution in [2.45, 2.75) is 32.9 Å². The molecule has 0 aliphatic rings. The molecule has 0 aliphatic carbocycles. The van der Waals surface area contributed by atoms with Crippen molar-refractivity contribution in [2.24, 2.45) is 5.92 Å². The van der Waals surface area contributed by atoms with E-state index in [4.69, 9.17) is 5.11 Å². The van der Waals surface area contributed by atoms with Crippen LogP contribution in [0, 0.1) is 5.92 Å². The lowest BCUT2D eigenvalue weighted by atomic mass is 9.96. The number of hydrogen-bond acceptors (Lipinski definition) is 3. The minimum atomic E-state index is -0.936. The molecule has 5 nitrogen and oxygen atoms in total. The Labute approximate surface area is 126 Å². The molecular formula is C16H24N2O3. The lowest BCUT2D eigenvalue weighted by molar-refractivity contribution is -0.142. The Morgan fingerprint density at radius 3 is 2.24 bits per heavy atom. The minimum absolute atomic E-state index is 0.0590. The van der Waals surface area contributed by atoms with Crippen LogP contribution < -0.4 is 5.32 Å². The molecule has 2 unspecified atom stereocenters. The maximum Gasteiger partial charge on any atom is 0.320 e. The molecule has 1 aromatic rings. The number of aliphatic carboxylic acids is 1. The molecule has 0 radical (unpaired) electrons. The summed E-state index contributed by atoms with van der Waals surface area (Å²) in [5.41, 5.74) is 1.05. The summed E-state index contributed by atoms with van der Waals surface area (Å²) in [6, 6.07) is 9.01. The van der Waals surface area contributed by atoms with Crippen molar-refractivity contribution in [1.29, 1.82) is 0 Å². The van der Waals surface area contributed by atoms with E-state index in [1.165, 1.54) is 4.90 Å². The van der Waals surface area contributed by atoms with Crippen molar-refractivity contribution in [3.05, 3.63) is 35.9 Å². The van der Waals surface area contributed by atoms with Gasteiger partial charge in [-0.1, -0.05) is 44.2 Å². The standard InChI is InChI=1S/C16H24N2O3/c1-11(2)15(13-8-6-5-7-9-13)17-14(19)10-18(4)12(3)16(20)21/h5-9,11-12,15H,10H2,1-4H3,(H,17,19)(H,20,21). The third-order valence-corrected chi connectivity index (χ3v) is 3.55. The molecule has 2 N–H and O–H groups in total. The molecule has 1 amide bonds. The van der Waals surface area contributed by atoms with Crippen LogP contribution in [0.4, 0.5) is 0 Å². The second-order valence-electron chi connectivity index (χ2n) is 5.63. The summed E-state index contributed by atoms with van der Waals surface area (Å²) >= 11 is 0. The summed E-state index contributed by atoms with van der Waals surface area (Å²) in [6.45, 7) is 5.71. The number of amides is 1. The first kappa shape index (κ1) is 17.2. The fourth-order valence-electron chi connectivity index (χ4n) is 2.07. The summed E-state index contributed by atoms with van der Waals surface area (Å²) in [7, 11) is 1.63. The lowest BCUT2D eigenvalue weighted by Crippen LogP contribution is -2.44. The van der Waals surface area contributed by atoms with Gasteiger partial charge >= 0.3 is 5.97 Å². The van der Waals surface area contributed by atoms with Crippen LogP contribution in [0.25, 0.3) is 0 Å². The van der Waals surface area contributed by atoms with Gasteiger partial charge in [-0.15, -0.1) is 0 Å². The molecule has 1 rings (SSSR count). The van der Waals surface area contributed by atoms with Crippen LogP contribution >= 0.6 is 0 Å². The van der Waals surface area contributed by atoms with Gasteiger partial charge in [0.2, 0.25) is 5.91 Å². The number of nitrogens with one attached hydrogen (secondary N) is 1. The van der Waals surface area contributed by atoms with E-state index < -0.39 is 12.0 Å². The zero-order chi connectivity index (χ0) is 16.0. The Kier molecular flexibility index (Phi) is 6.37. The third-order valence-electron chi connectivity index (χ3n) is 3.55. The average Bonchev–Trinajstić information content (AvgIpc) is 2.44. The lowest BCUT2D eigenvalue weighted by Gasteiger charge is -2.26. The third kappa shape index (κ3) is 5.19. The van der Waals surface area contributed by atoms with Gasteiger partial charge in [0.05, 0.1) is 12.6 Å². The zero-order valence-electron chi connectivity index (χ0n) is 13.0. The van der Waals surface area contributed by atoms with Crippen molar-refractivity contribution >= 4 is 11.9 Å². The van der Waals surface area contributed by atoms with E-state index in [1.54, 1.807) is 14.0 Å². The highest BCUT2D eigenvalue weighted by Crippen LogP contribution is 2.21. The normalized spacial score (nSPS) is 14.0. The summed E-state index contributed by atoms with van der Waals surface area (Å²) < 4.78 is 0. The molecule has 2 atom stereocenters. The highest BCUT2D eigenvalue weighted by molar-refractivity contribution is 5.80. The average molecular weight is 292 g/mol. The first-order valence-corrected chi connectivity index (χ1v) is 7.10. The quantitative estimate of drug-likeness (QED) is 0.805. The van der Waals surface area contributed by atoms with Gasteiger partial charge in [-0.05, 0) is 25.5 Å². The molecule has 21 heavy (non-hydrogen) atoms. The zero-order valence-corrected chi connectivity index (χ0v) is 13.0. The van der Waals surface area contributed by atoms with Crippen molar-refractivity contribution < 1.29 is 14.7 Å². The summed E-state index contributed by atoms with van der Waals surface area (Å²) in [5, 5.41) is 11.9. The smallest absolute Gasteiger partial charge is 0.320 e. The number of carbonyl (C=O) groups excluding carboxylic acids is 1. The van der Waals surface area contributed by atoms with Crippen LogP contribution in [0.1, 0.15) is 32.4 Å². The van der Waals surface area contributed by atoms with E-state index in [9.17, 15) is 9.59 Å². The van der Waals surface area contributed by atoms with E-state index >= 15 is 0 Å². The summed E-state index contributed by atoms with van der Waals surface area (Å²) in [6.07, 6.45) is 0. The van der Waals surface area contributed by atoms with E-state index in [-0.39, 0.29) is 24.4 Å². The van der Waals surface area contributed by atoms with Gasteiger partial charge in [0.1, 0.15) is 6.04 Å². The number of carbonyl (C=O) groups is 2. The highest BCUT2D eigenvalue weighted by Gasteiger charge is 2.22. The molecule has 1 aromatic carbocycles. The molecule has 0 fully saturated rings. The number of carboxylic acid groups (broad SMARTS) is 1. The predicted molar refractivity (Wildman–Crippen MR) is 81.9 cm³/mol. The van der Waals surface area contributed by atoms with Gasteiger partial charge in [-0.25, -0.2) is 0 Å². The van der Waals surface area contributed by atoms with E-state index in [2.05, 4.69) is 5.32 Å². The van der Waals surface area contributed by atoms with Gasteiger partial charge in [0.25, 0.3) is 0 Å². The van der Waals surface area contributed by atoms with Crippen LogP contribution in [0.2, 0.25) is 0 Å². The predicted octanol–water partition coefficient (Wildman–Crippen LogP) is 1.90. The maximum atomic E-state index is 12.1. The highest BCUT2D eigenvalue weighted by atomic mass is 16.4. The topological polar surface area (TPSA) is 69.6 Å². The molecule has 0 saturated heterocycles. The summed E-state index contributed by atoms with van der Waals surface area (Å²) in [4.78, 5) is 24.5. The Hall–Kier alpha value is -1.88. The van der Waals surface area contributed by atoms with E-state index in [0.29, 0.717) is 0 Å². The Morgan fingerprint density at radius 1 is 1.19 bits per heavy atom. The fraction of sp³-hybridized carbons (Fsp3) is 0.500. The maximum absolute atomic E-state index is 12.1. The first-order chi connectivity index (χ1) is 9.82.